The Morgan fingerprint density at radius 3 is 2.31 bits per heavy atom. The summed E-state index contributed by atoms with van der Waals surface area (Å²) in [5, 5.41) is 8.27. The highest BCUT2D eigenvalue weighted by Gasteiger charge is 2.16. The molecule has 0 aliphatic heterocycles. The summed E-state index contributed by atoms with van der Waals surface area (Å²) >= 11 is 0. The number of urea groups is 2. The molecule has 0 bridgehead atoms. The molecule has 3 aromatic carbocycles. The van der Waals surface area contributed by atoms with Crippen molar-refractivity contribution in [2.75, 3.05) is 35.7 Å². The Hall–Kier alpha value is -4.07. The number of halogens is 1. The van der Waals surface area contributed by atoms with Crippen molar-refractivity contribution in [2.45, 2.75) is 6.92 Å². The molecule has 32 heavy (non-hydrogen) atoms. The van der Waals surface area contributed by atoms with Gasteiger partial charge in [-0.05, 0) is 61.0 Å². The molecule has 0 aromatic heterocycles. The van der Waals surface area contributed by atoms with Gasteiger partial charge in [-0.25, -0.2) is 14.0 Å². The zero-order chi connectivity index (χ0) is 22.9. The Labute approximate surface area is 186 Å². The number of rotatable bonds is 7. The lowest BCUT2D eigenvalue weighted by Crippen LogP contribution is -2.42. The Kier molecular flexibility index (Phi) is 7.64. The van der Waals surface area contributed by atoms with Crippen LogP contribution in [0.2, 0.25) is 0 Å². The standard InChI is InChI=1S/C24H25FN4O3/c1-17-5-3-6-19(15-17)28-24(31)29(21-11-9-18(25)10-12-21)14-13-26-23(30)27-20-7-4-8-22(16-20)32-2/h3-12,15-16H,13-14H2,1-2H3,(H,28,31)(H2,26,27,30). The SMILES string of the molecule is COc1cccc(NC(=O)NCCN(C(=O)Nc2cccc(C)c2)c2ccc(F)cc2)c1. The van der Waals surface area contributed by atoms with E-state index in [0.29, 0.717) is 22.8 Å². The molecular weight excluding hydrogens is 411 g/mol. The van der Waals surface area contributed by atoms with E-state index < -0.39 is 17.9 Å². The number of nitrogens with zero attached hydrogens (tertiary/aromatic N) is 1. The first-order valence-electron chi connectivity index (χ1n) is 10.0. The smallest absolute Gasteiger partial charge is 0.326 e. The fourth-order valence-corrected chi connectivity index (χ4v) is 3.04. The summed E-state index contributed by atoms with van der Waals surface area (Å²) in [7, 11) is 1.55. The third-order valence-corrected chi connectivity index (χ3v) is 4.60. The summed E-state index contributed by atoms with van der Waals surface area (Å²) < 4.78 is 18.5. The first-order chi connectivity index (χ1) is 15.4. The highest BCUT2D eigenvalue weighted by molar-refractivity contribution is 6.01. The lowest BCUT2D eigenvalue weighted by Gasteiger charge is -2.23. The van der Waals surface area contributed by atoms with Crippen molar-refractivity contribution in [3.8, 4) is 5.75 Å². The monoisotopic (exact) mass is 436 g/mol. The van der Waals surface area contributed by atoms with Crippen LogP contribution in [0.5, 0.6) is 5.75 Å². The molecule has 0 spiro atoms. The number of nitrogens with one attached hydrogen (secondary N) is 3. The van der Waals surface area contributed by atoms with E-state index in [2.05, 4.69) is 16.0 Å². The fourth-order valence-electron chi connectivity index (χ4n) is 3.04. The van der Waals surface area contributed by atoms with Gasteiger partial charge in [-0.2, -0.15) is 0 Å². The Balaban J connectivity index is 1.63. The zero-order valence-electron chi connectivity index (χ0n) is 17.9. The number of anilines is 3. The first-order valence-corrected chi connectivity index (χ1v) is 10.0. The number of ether oxygens (including phenoxy) is 1. The van der Waals surface area contributed by atoms with Crippen LogP contribution in [0.1, 0.15) is 5.56 Å². The van der Waals surface area contributed by atoms with E-state index in [1.165, 1.54) is 29.2 Å². The second-order valence-corrected chi connectivity index (χ2v) is 7.04. The summed E-state index contributed by atoms with van der Waals surface area (Å²) in [6.45, 7) is 2.28. The van der Waals surface area contributed by atoms with E-state index in [0.717, 1.165) is 5.56 Å². The van der Waals surface area contributed by atoms with Crippen LogP contribution in [0.3, 0.4) is 0 Å². The molecule has 8 heteroatoms. The predicted octanol–water partition coefficient (Wildman–Crippen LogP) is 5.00. The molecule has 7 nitrogen and oxygen atoms in total. The normalized spacial score (nSPS) is 10.2. The molecule has 3 N–H and O–H groups in total. The third kappa shape index (κ3) is 6.46. The van der Waals surface area contributed by atoms with Gasteiger partial charge in [-0.15, -0.1) is 0 Å². The molecule has 3 aromatic rings. The van der Waals surface area contributed by atoms with Crippen molar-refractivity contribution in [1.29, 1.82) is 0 Å². The van der Waals surface area contributed by atoms with Crippen molar-refractivity contribution >= 4 is 29.1 Å². The largest absolute Gasteiger partial charge is 0.497 e. The van der Waals surface area contributed by atoms with Crippen LogP contribution >= 0.6 is 0 Å². The molecule has 3 rings (SSSR count). The van der Waals surface area contributed by atoms with E-state index in [1.807, 2.05) is 25.1 Å². The van der Waals surface area contributed by atoms with E-state index >= 15 is 0 Å². The molecule has 0 aliphatic rings. The number of hydrogen-bond donors (Lipinski definition) is 3. The van der Waals surface area contributed by atoms with Crippen LogP contribution in [0, 0.1) is 12.7 Å². The second kappa shape index (κ2) is 10.8. The quantitative estimate of drug-likeness (QED) is 0.487. The van der Waals surface area contributed by atoms with Crippen LogP contribution in [0.25, 0.3) is 0 Å². The first kappa shape index (κ1) is 22.6. The van der Waals surface area contributed by atoms with E-state index in [9.17, 15) is 14.0 Å². The van der Waals surface area contributed by atoms with Crippen LogP contribution in [-0.2, 0) is 0 Å². The maximum atomic E-state index is 13.4. The molecule has 0 fully saturated rings. The van der Waals surface area contributed by atoms with Gasteiger partial charge < -0.3 is 20.7 Å². The zero-order valence-corrected chi connectivity index (χ0v) is 17.9. The van der Waals surface area contributed by atoms with E-state index in [1.54, 1.807) is 37.4 Å². The minimum atomic E-state index is -0.420. The summed E-state index contributed by atoms with van der Waals surface area (Å²) in [5.41, 5.74) is 2.74. The topological polar surface area (TPSA) is 82.7 Å². The Bertz CT molecular complexity index is 1070. The minimum absolute atomic E-state index is 0.175. The summed E-state index contributed by atoms with van der Waals surface area (Å²) in [4.78, 5) is 26.6. The molecule has 0 saturated heterocycles. The molecule has 0 saturated carbocycles. The number of carbonyl (C=O) groups is 2. The van der Waals surface area contributed by atoms with Crippen molar-refractivity contribution < 1.29 is 18.7 Å². The lowest BCUT2D eigenvalue weighted by atomic mass is 10.2. The lowest BCUT2D eigenvalue weighted by molar-refractivity contribution is 0.250. The van der Waals surface area contributed by atoms with Gasteiger partial charge in [0.2, 0.25) is 0 Å². The van der Waals surface area contributed by atoms with Crippen molar-refractivity contribution in [3.63, 3.8) is 0 Å². The van der Waals surface area contributed by atoms with Crippen LogP contribution in [-0.4, -0.2) is 32.3 Å². The molecule has 4 amide bonds. The molecule has 0 radical (unpaired) electrons. The number of benzene rings is 3. The van der Waals surface area contributed by atoms with Gasteiger partial charge >= 0.3 is 12.1 Å². The molecule has 0 aliphatic carbocycles. The Morgan fingerprint density at radius 2 is 1.62 bits per heavy atom. The summed E-state index contributed by atoms with van der Waals surface area (Å²) in [6, 6.07) is 19.2. The number of methoxy groups -OCH3 is 1. The average molecular weight is 436 g/mol. The molecular formula is C24H25FN4O3. The number of hydrogen-bond acceptors (Lipinski definition) is 3. The van der Waals surface area contributed by atoms with Gasteiger partial charge in [-0.1, -0.05) is 18.2 Å². The molecule has 0 unspecified atom stereocenters. The third-order valence-electron chi connectivity index (χ3n) is 4.60. The number of carbonyl (C=O) groups excluding carboxylic acids is 2. The van der Waals surface area contributed by atoms with Gasteiger partial charge in [0.15, 0.2) is 0 Å². The van der Waals surface area contributed by atoms with Crippen LogP contribution in [0.15, 0.2) is 72.8 Å². The number of amides is 4. The minimum Gasteiger partial charge on any atom is -0.497 e. The molecule has 0 heterocycles. The predicted molar refractivity (Wildman–Crippen MR) is 124 cm³/mol. The number of aryl methyl sites for hydroxylation is 1. The van der Waals surface area contributed by atoms with Crippen molar-refractivity contribution in [2.24, 2.45) is 0 Å². The summed E-state index contributed by atoms with van der Waals surface area (Å²) in [6.07, 6.45) is 0. The van der Waals surface area contributed by atoms with Gasteiger partial charge in [0, 0.05) is 36.2 Å². The van der Waals surface area contributed by atoms with Gasteiger partial charge in [0.05, 0.1) is 7.11 Å². The fraction of sp³-hybridized carbons (Fsp3) is 0.167. The molecule has 166 valence electrons. The highest BCUT2D eigenvalue weighted by Crippen LogP contribution is 2.18. The second-order valence-electron chi connectivity index (χ2n) is 7.04. The van der Waals surface area contributed by atoms with Gasteiger partial charge in [-0.3, -0.25) is 4.90 Å². The maximum Gasteiger partial charge on any atom is 0.326 e. The van der Waals surface area contributed by atoms with Crippen molar-refractivity contribution in [1.82, 2.24) is 5.32 Å². The Morgan fingerprint density at radius 1 is 0.938 bits per heavy atom. The van der Waals surface area contributed by atoms with E-state index in [-0.39, 0.29) is 13.1 Å². The van der Waals surface area contributed by atoms with Crippen LogP contribution in [0.4, 0.5) is 31.0 Å². The van der Waals surface area contributed by atoms with Gasteiger partial charge in [0.1, 0.15) is 11.6 Å². The molecule has 0 atom stereocenters. The highest BCUT2D eigenvalue weighted by atomic mass is 19.1. The van der Waals surface area contributed by atoms with Gasteiger partial charge in [0.25, 0.3) is 0 Å². The van der Waals surface area contributed by atoms with Crippen LogP contribution < -0.4 is 25.6 Å². The van der Waals surface area contributed by atoms with Crippen molar-refractivity contribution in [3.05, 3.63) is 84.2 Å². The summed E-state index contributed by atoms with van der Waals surface area (Å²) in [5.74, 6) is 0.224. The van der Waals surface area contributed by atoms with E-state index in [4.69, 9.17) is 4.74 Å². The maximum absolute atomic E-state index is 13.4. The average Bonchev–Trinajstić information content (AvgIpc) is 2.77.